The lowest BCUT2D eigenvalue weighted by atomic mass is 10.00. The van der Waals surface area contributed by atoms with E-state index in [1.807, 2.05) is 0 Å². The Morgan fingerprint density at radius 2 is 2.10 bits per heavy atom. The molecule has 0 aliphatic heterocycles. The minimum Gasteiger partial charge on any atom is -0.330 e. The van der Waals surface area contributed by atoms with Crippen molar-refractivity contribution < 1.29 is 0 Å². The quantitative estimate of drug-likeness (QED) is 0.453. The van der Waals surface area contributed by atoms with E-state index in [1.54, 1.807) is 0 Å². The molecule has 0 aliphatic rings. The Balaban J connectivity index is 3.09. The predicted molar refractivity (Wildman–Crippen MR) is 51.4 cm³/mol. The fraction of sp³-hybridized carbons (Fsp3) is 1.00. The third-order valence-electron chi connectivity index (χ3n) is 2.13. The Bertz CT molecular complexity index is 62.3. The molecule has 2 N–H and O–H groups in total. The molecule has 1 nitrogen and oxygen atoms in total. The molecule has 0 amide bonds. The van der Waals surface area contributed by atoms with Gasteiger partial charge in [-0.15, -0.1) is 0 Å². The van der Waals surface area contributed by atoms with Crippen molar-refractivity contribution in [3.8, 4) is 0 Å². The third-order valence-corrected chi connectivity index (χ3v) is 2.83. The summed E-state index contributed by atoms with van der Waals surface area (Å²) >= 11 is 0. The SMILES string of the molecule is CCC(CN)CCCC[SiH3]. The summed E-state index contributed by atoms with van der Waals surface area (Å²) in [6.07, 6.45) is 5.45. The fourth-order valence-corrected chi connectivity index (χ4v) is 1.67. The van der Waals surface area contributed by atoms with Gasteiger partial charge in [-0.05, 0) is 18.9 Å². The van der Waals surface area contributed by atoms with Gasteiger partial charge >= 0.3 is 0 Å². The molecule has 0 aliphatic carbocycles. The van der Waals surface area contributed by atoms with Crippen LogP contribution in [-0.2, 0) is 0 Å². The van der Waals surface area contributed by atoms with Gasteiger partial charge in [0, 0.05) is 10.2 Å². The van der Waals surface area contributed by atoms with Crippen LogP contribution < -0.4 is 5.73 Å². The molecule has 0 saturated carbocycles. The summed E-state index contributed by atoms with van der Waals surface area (Å²) in [5, 5.41) is 0. The molecule has 62 valence electrons. The van der Waals surface area contributed by atoms with Gasteiger partial charge < -0.3 is 5.73 Å². The summed E-state index contributed by atoms with van der Waals surface area (Å²) in [5.41, 5.74) is 5.57. The largest absolute Gasteiger partial charge is 0.330 e. The van der Waals surface area contributed by atoms with Crippen molar-refractivity contribution in [1.82, 2.24) is 0 Å². The predicted octanol–water partition coefficient (Wildman–Crippen LogP) is 0.925. The maximum Gasteiger partial charge on any atom is 0.00279 e. The molecule has 0 aromatic heterocycles. The zero-order valence-corrected chi connectivity index (χ0v) is 9.40. The van der Waals surface area contributed by atoms with E-state index in [4.69, 9.17) is 5.73 Å². The Morgan fingerprint density at radius 1 is 1.40 bits per heavy atom. The highest BCUT2D eigenvalue weighted by molar-refractivity contribution is 6.08. The van der Waals surface area contributed by atoms with Crippen LogP contribution in [0.25, 0.3) is 0 Å². The number of nitrogens with two attached hydrogens (primary N) is 1. The highest BCUT2D eigenvalue weighted by Gasteiger charge is 2.01. The average molecular weight is 159 g/mol. The molecule has 0 aromatic rings. The van der Waals surface area contributed by atoms with E-state index in [1.165, 1.54) is 42.0 Å². The van der Waals surface area contributed by atoms with E-state index in [0.29, 0.717) is 0 Å². The van der Waals surface area contributed by atoms with Crippen molar-refractivity contribution in [2.24, 2.45) is 11.7 Å². The topological polar surface area (TPSA) is 26.0 Å². The number of hydrogen-bond acceptors (Lipinski definition) is 1. The maximum atomic E-state index is 5.57. The summed E-state index contributed by atoms with van der Waals surface area (Å²) in [4.78, 5) is 0. The van der Waals surface area contributed by atoms with E-state index in [0.717, 1.165) is 12.5 Å². The van der Waals surface area contributed by atoms with Crippen molar-refractivity contribution >= 4 is 10.2 Å². The normalized spacial score (nSPS) is 13.8. The van der Waals surface area contributed by atoms with Crippen LogP contribution in [0, 0.1) is 5.92 Å². The van der Waals surface area contributed by atoms with E-state index in [-0.39, 0.29) is 0 Å². The van der Waals surface area contributed by atoms with Crippen LogP contribution in [0.15, 0.2) is 0 Å². The van der Waals surface area contributed by atoms with Crippen LogP contribution in [0.5, 0.6) is 0 Å². The lowest BCUT2D eigenvalue weighted by molar-refractivity contribution is 0.461. The van der Waals surface area contributed by atoms with Gasteiger partial charge in [0.25, 0.3) is 0 Å². The number of hydrogen-bond donors (Lipinski definition) is 1. The van der Waals surface area contributed by atoms with Crippen LogP contribution in [0.1, 0.15) is 32.6 Å². The van der Waals surface area contributed by atoms with E-state index in [9.17, 15) is 0 Å². The van der Waals surface area contributed by atoms with Crippen LogP contribution >= 0.6 is 0 Å². The summed E-state index contributed by atoms with van der Waals surface area (Å²) < 4.78 is 0. The minimum atomic E-state index is 0.799. The van der Waals surface area contributed by atoms with Crippen LogP contribution in [0.2, 0.25) is 6.04 Å². The highest BCUT2D eigenvalue weighted by Crippen LogP contribution is 2.11. The van der Waals surface area contributed by atoms with Crippen molar-refractivity contribution in [3.05, 3.63) is 0 Å². The monoisotopic (exact) mass is 159 g/mol. The van der Waals surface area contributed by atoms with E-state index in [2.05, 4.69) is 6.92 Å². The highest BCUT2D eigenvalue weighted by atomic mass is 28.1. The number of rotatable bonds is 6. The first-order chi connectivity index (χ1) is 4.85. The van der Waals surface area contributed by atoms with Gasteiger partial charge in [0.1, 0.15) is 0 Å². The second kappa shape index (κ2) is 7.29. The van der Waals surface area contributed by atoms with Gasteiger partial charge in [0.15, 0.2) is 0 Å². The number of unbranched alkanes of at least 4 members (excludes halogenated alkanes) is 1. The first-order valence-corrected chi connectivity index (χ1v) is 5.96. The molecule has 10 heavy (non-hydrogen) atoms. The van der Waals surface area contributed by atoms with Gasteiger partial charge in [-0.25, -0.2) is 0 Å². The first-order valence-electron chi connectivity index (χ1n) is 4.55. The molecule has 0 radical (unpaired) electrons. The molecule has 0 rings (SSSR count). The van der Waals surface area contributed by atoms with Gasteiger partial charge in [-0.2, -0.15) is 0 Å². The van der Waals surface area contributed by atoms with Crippen LogP contribution in [0.4, 0.5) is 0 Å². The first kappa shape index (κ1) is 10.2. The lowest BCUT2D eigenvalue weighted by Gasteiger charge is -2.10. The summed E-state index contributed by atoms with van der Waals surface area (Å²) in [6.45, 7) is 3.12. The molecular formula is C8H21NSi. The van der Waals surface area contributed by atoms with Crippen molar-refractivity contribution in [3.63, 3.8) is 0 Å². The standard InChI is InChI=1S/C8H21NSi/c1-2-8(7-9)5-3-4-6-10/h8H,2-7,9H2,1,10H3. The average Bonchev–Trinajstić information content (AvgIpc) is 1.99. The van der Waals surface area contributed by atoms with Gasteiger partial charge in [0.05, 0.1) is 0 Å². The molecular weight excluding hydrogens is 138 g/mol. The zero-order chi connectivity index (χ0) is 7.82. The van der Waals surface area contributed by atoms with Crippen LogP contribution in [-0.4, -0.2) is 16.8 Å². The Labute approximate surface area is 67.8 Å². The molecule has 0 saturated heterocycles. The molecule has 0 aromatic carbocycles. The Kier molecular flexibility index (Phi) is 7.41. The summed E-state index contributed by atoms with van der Waals surface area (Å²) in [7, 11) is 1.37. The molecule has 1 atom stereocenters. The molecule has 0 heterocycles. The second-order valence-electron chi connectivity index (χ2n) is 3.01. The van der Waals surface area contributed by atoms with Crippen molar-refractivity contribution in [1.29, 1.82) is 0 Å². The minimum absolute atomic E-state index is 0.799. The molecule has 2 heteroatoms. The fourth-order valence-electron chi connectivity index (χ4n) is 1.17. The van der Waals surface area contributed by atoms with Crippen molar-refractivity contribution in [2.45, 2.75) is 38.7 Å². The van der Waals surface area contributed by atoms with Gasteiger partial charge in [-0.3, -0.25) is 0 Å². The Morgan fingerprint density at radius 3 is 2.50 bits per heavy atom. The lowest BCUT2D eigenvalue weighted by Crippen LogP contribution is -2.12. The molecule has 0 bridgehead atoms. The Hall–Kier alpha value is 0.177. The second-order valence-corrected chi connectivity index (χ2v) is 4.01. The van der Waals surface area contributed by atoms with Gasteiger partial charge in [0.2, 0.25) is 0 Å². The van der Waals surface area contributed by atoms with Crippen LogP contribution in [0.3, 0.4) is 0 Å². The van der Waals surface area contributed by atoms with E-state index >= 15 is 0 Å². The summed E-state index contributed by atoms with van der Waals surface area (Å²) in [5.74, 6) is 0.799. The molecule has 0 spiro atoms. The maximum absolute atomic E-state index is 5.57. The molecule has 0 fully saturated rings. The molecule has 1 unspecified atom stereocenters. The van der Waals surface area contributed by atoms with Gasteiger partial charge in [-0.1, -0.05) is 32.2 Å². The smallest absolute Gasteiger partial charge is 0.00279 e. The zero-order valence-electron chi connectivity index (χ0n) is 7.40. The van der Waals surface area contributed by atoms with E-state index < -0.39 is 0 Å². The summed E-state index contributed by atoms with van der Waals surface area (Å²) in [6, 6.07) is 1.46. The van der Waals surface area contributed by atoms with Crippen molar-refractivity contribution in [2.75, 3.05) is 6.54 Å². The third kappa shape index (κ3) is 5.00.